The van der Waals surface area contributed by atoms with Crippen molar-refractivity contribution < 1.29 is 13.7 Å². The van der Waals surface area contributed by atoms with E-state index in [1.165, 1.54) is 6.20 Å². The summed E-state index contributed by atoms with van der Waals surface area (Å²) in [5.74, 6) is 1.88. The van der Waals surface area contributed by atoms with Gasteiger partial charge in [-0.25, -0.2) is 9.37 Å². The minimum atomic E-state index is -0.319. The molecule has 10 nitrogen and oxygen atoms in total. The maximum absolute atomic E-state index is 14.8. The minimum Gasteiger partial charge on any atom is -0.361 e. The maximum atomic E-state index is 14.8. The Bertz CT molecular complexity index is 1390. The van der Waals surface area contributed by atoms with Crippen LogP contribution in [0.5, 0.6) is 0 Å². The van der Waals surface area contributed by atoms with Crippen molar-refractivity contribution in [2.24, 2.45) is 0 Å². The van der Waals surface area contributed by atoms with E-state index in [4.69, 9.17) is 16.1 Å². The van der Waals surface area contributed by atoms with Crippen molar-refractivity contribution >= 4 is 41.2 Å². The highest BCUT2D eigenvalue weighted by molar-refractivity contribution is 6.32. The molecular formula is C26H30ClFN8O2. The number of carbonyl (C=O) groups excluding carboxylic acids is 1. The lowest BCUT2D eigenvalue weighted by atomic mass is 9.87. The molecule has 0 unspecified atom stereocenters. The minimum absolute atomic E-state index is 0.247. The topological polar surface area (TPSA) is 134 Å². The van der Waals surface area contributed by atoms with E-state index in [1.54, 1.807) is 19.9 Å². The van der Waals surface area contributed by atoms with Gasteiger partial charge in [0.15, 0.2) is 17.9 Å². The lowest BCUT2D eigenvalue weighted by molar-refractivity contribution is 0.112. The molecule has 1 fully saturated rings. The monoisotopic (exact) mass is 540 g/mol. The van der Waals surface area contributed by atoms with Crippen molar-refractivity contribution in [2.75, 3.05) is 23.7 Å². The molecule has 0 amide bonds. The van der Waals surface area contributed by atoms with Gasteiger partial charge in [0.1, 0.15) is 16.6 Å². The number of rotatable bonds is 6. The lowest BCUT2D eigenvalue weighted by Gasteiger charge is -2.25. The quantitative estimate of drug-likeness (QED) is 0.228. The first-order valence-electron chi connectivity index (χ1n) is 12.2. The number of halogens is 2. The molecule has 1 aliphatic heterocycles. The van der Waals surface area contributed by atoms with E-state index in [1.807, 2.05) is 26.0 Å². The predicted octanol–water partition coefficient (Wildman–Crippen LogP) is 5.67. The fourth-order valence-electron chi connectivity index (χ4n) is 4.26. The molecule has 0 saturated carbocycles. The van der Waals surface area contributed by atoms with Gasteiger partial charge < -0.3 is 20.5 Å². The number of benzene rings is 1. The van der Waals surface area contributed by atoms with E-state index in [0.717, 1.165) is 49.0 Å². The molecule has 5 rings (SSSR count). The van der Waals surface area contributed by atoms with E-state index in [2.05, 4.69) is 41.3 Å². The Morgan fingerprint density at radius 2 is 1.89 bits per heavy atom. The highest BCUT2D eigenvalue weighted by Crippen LogP contribution is 2.32. The van der Waals surface area contributed by atoms with Crippen molar-refractivity contribution in [3.8, 4) is 0 Å². The van der Waals surface area contributed by atoms with Crippen LogP contribution < -0.4 is 16.0 Å². The summed E-state index contributed by atoms with van der Waals surface area (Å²) >= 11 is 6.19. The zero-order valence-electron chi connectivity index (χ0n) is 21.7. The molecule has 4 N–H and O–H groups in total. The number of hydrogen-bond acceptors (Lipinski definition) is 9. The van der Waals surface area contributed by atoms with E-state index >= 15 is 0 Å². The van der Waals surface area contributed by atoms with E-state index < -0.39 is 0 Å². The summed E-state index contributed by atoms with van der Waals surface area (Å²) in [6.07, 6.45) is 4.26. The molecule has 1 saturated heterocycles. The Labute approximate surface area is 224 Å². The Morgan fingerprint density at radius 3 is 2.50 bits per heavy atom. The highest BCUT2D eigenvalue weighted by atomic mass is 35.5. The van der Waals surface area contributed by atoms with Gasteiger partial charge in [-0.3, -0.25) is 9.89 Å². The third kappa shape index (κ3) is 6.53. The average Bonchev–Trinajstić information content (AvgIpc) is 3.47. The van der Waals surface area contributed by atoms with Crippen LogP contribution in [-0.4, -0.2) is 44.7 Å². The summed E-state index contributed by atoms with van der Waals surface area (Å²) in [6.45, 7) is 9.29. The van der Waals surface area contributed by atoms with Crippen LogP contribution in [0.3, 0.4) is 0 Å². The van der Waals surface area contributed by atoms with Crippen LogP contribution in [0.1, 0.15) is 57.4 Å². The zero-order chi connectivity index (χ0) is 27.2. The van der Waals surface area contributed by atoms with Gasteiger partial charge in [-0.2, -0.15) is 10.1 Å². The summed E-state index contributed by atoms with van der Waals surface area (Å²) in [7, 11) is 0. The number of nitrogens with one attached hydrogen (secondary N) is 4. The lowest BCUT2D eigenvalue weighted by Crippen LogP contribution is -2.27. The molecule has 12 heteroatoms. The number of hydrogen-bond donors (Lipinski definition) is 4. The second-order valence-corrected chi connectivity index (χ2v) is 9.55. The van der Waals surface area contributed by atoms with Gasteiger partial charge in [0.25, 0.3) is 0 Å². The highest BCUT2D eigenvalue weighted by Gasteiger charge is 2.19. The van der Waals surface area contributed by atoms with Crippen molar-refractivity contribution in [1.29, 1.82) is 0 Å². The van der Waals surface area contributed by atoms with Crippen molar-refractivity contribution in [1.82, 2.24) is 30.6 Å². The Balaban J connectivity index is 0.000000317. The van der Waals surface area contributed by atoms with E-state index in [0.29, 0.717) is 45.3 Å². The number of H-pyrrole nitrogens is 1. The molecule has 0 atom stereocenters. The summed E-state index contributed by atoms with van der Waals surface area (Å²) in [5.41, 5.74) is 4.59. The van der Waals surface area contributed by atoms with Crippen LogP contribution in [0.15, 0.2) is 28.9 Å². The maximum Gasteiger partial charge on any atom is 0.229 e. The molecule has 4 heterocycles. The molecule has 0 aliphatic carbocycles. The molecule has 0 spiro atoms. The smallest absolute Gasteiger partial charge is 0.229 e. The number of aldehydes is 1. The first-order valence-corrected chi connectivity index (χ1v) is 12.6. The van der Waals surface area contributed by atoms with Crippen LogP contribution >= 0.6 is 11.6 Å². The normalized spacial score (nSPS) is 13.5. The third-order valence-electron chi connectivity index (χ3n) is 6.28. The summed E-state index contributed by atoms with van der Waals surface area (Å²) in [4.78, 5) is 18.7. The number of nitrogens with zero attached hydrogens (tertiary/aromatic N) is 4. The number of aromatic amines is 1. The molecule has 1 aliphatic rings. The zero-order valence-corrected chi connectivity index (χ0v) is 22.4. The van der Waals surface area contributed by atoms with E-state index in [-0.39, 0.29) is 11.8 Å². The first-order chi connectivity index (χ1) is 18.2. The van der Waals surface area contributed by atoms with Crippen LogP contribution in [-0.2, 0) is 0 Å². The summed E-state index contributed by atoms with van der Waals surface area (Å²) in [5, 5.41) is 20.2. The van der Waals surface area contributed by atoms with E-state index in [9.17, 15) is 9.18 Å². The second kappa shape index (κ2) is 12.1. The van der Waals surface area contributed by atoms with Crippen LogP contribution in [0, 0.1) is 33.5 Å². The first kappa shape index (κ1) is 27.2. The molecular weight excluding hydrogens is 511 g/mol. The molecule has 38 heavy (non-hydrogen) atoms. The van der Waals surface area contributed by atoms with Crippen molar-refractivity contribution in [2.45, 2.75) is 46.5 Å². The molecule has 0 bridgehead atoms. The fourth-order valence-corrected chi connectivity index (χ4v) is 4.40. The second-order valence-electron chi connectivity index (χ2n) is 9.14. The van der Waals surface area contributed by atoms with Gasteiger partial charge in [-0.1, -0.05) is 16.8 Å². The van der Waals surface area contributed by atoms with Gasteiger partial charge in [0.2, 0.25) is 5.95 Å². The van der Waals surface area contributed by atoms with Crippen molar-refractivity contribution in [3.63, 3.8) is 0 Å². The summed E-state index contributed by atoms with van der Waals surface area (Å²) < 4.78 is 19.5. The molecule has 200 valence electrons. The predicted molar refractivity (Wildman–Crippen MR) is 144 cm³/mol. The largest absolute Gasteiger partial charge is 0.361 e. The van der Waals surface area contributed by atoms with Gasteiger partial charge in [0.05, 0.1) is 23.1 Å². The number of carbonyl (C=O) groups is 1. The summed E-state index contributed by atoms with van der Waals surface area (Å²) in [6, 6.07) is 5.28. The third-order valence-corrected chi connectivity index (χ3v) is 6.56. The van der Waals surface area contributed by atoms with Gasteiger partial charge >= 0.3 is 0 Å². The molecule has 1 aromatic carbocycles. The van der Waals surface area contributed by atoms with Crippen LogP contribution in [0.4, 0.5) is 27.7 Å². The molecule has 0 radical (unpaired) electrons. The van der Waals surface area contributed by atoms with Crippen LogP contribution in [0.25, 0.3) is 0 Å². The molecule has 4 aromatic rings. The van der Waals surface area contributed by atoms with Gasteiger partial charge in [0, 0.05) is 11.8 Å². The van der Waals surface area contributed by atoms with Crippen LogP contribution in [0.2, 0.25) is 5.02 Å². The number of aromatic nitrogens is 5. The van der Waals surface area contributed by atoms with Crippen molar-refractivity contribution in [3.05, 3.63) is 69.1 Å². The van der Waals surface area contributed by atoms with Gasteiger partial charge in [-0.05, 0) is 82.8 Å². The average molecular weight is 541 g/mol. The fraction of sp³-hybridized carbons (Fsp3) is 0.346. The molecule has 3 aromatic heterocycles. The Hall–Kier alpha value is -3.83. The Morgan fingerprint density at radius 1 is 1.13 bits per heavy atom. The number of piperidine rings is 1. The standard InChI is InChI=1S/C20H23ClFN7.C6H7NO2/c1-11-7-17(16(22)9-14(11)13-3-5-23-6-4-13)25-20-24-10-15(21)19(27-20)26-18-8-12(2)28-29-18;1-4-6(3-8)5(2)9-7-4/h7-10,13,23H,3-6H2,1-2H3,(H3,24,25,26,27,28,29);3H,1-2H3. The number of aryl methyl sites for hydroxylation is 4. The SMILES string of the molecule is Cc1cc(Nc2nc(Nc3cc(C)c(C4CCNCC4)cc3F)ncc2Cl)n[nH]1.Cc1noc(C)c1C=O. The Kier molecular flexibility index (Phi) is 8.70. The van der Waals surface area contributed by atoms with Gasteiger partial charge in [-0.15, -0.1) is 0 Å². The number of anilines is 4.